The summed E-state index contributed by atoms with van der Waals surface area (Å²) < 4.78 is 10.8. The predicted molar refractivity (Wildman–Crippen MR) is 100 cm³/mol. The van der Waals surface area contributed by atoms with E-state index in [2.05, 4.69) is 10.6 Å². The normalized spacial score (nSPS) is 16.6. The molecule has 0 fully saturated rings. The molecule has 9 heteroatoms. The molecule has 0 spiro atoms. The topological polar surface area (TPSA) is 103 Å². The van der Waals surface area contributed by atoms with Gasteiger partial charge in [-0.1, -0.05) is 6.92 Å². The lowest BCUT2D eigenvalue weighted by Crippen LogP contribution is -2.44. The zero-order valence-corrected chi connectivity index (χ0v) is 15.9. The molecule has 1 aliphatic rings. The van der Waals surface area contributed by atoms with Crippen LogP contribution in [0.1, 0.15) is 38.8 Å². The predicted octanol–water partition coefficient (Wildman–Crippen LogP) is 2.77. The maximum absolute atomic E-state index is 12.1. The highest BCUT2D eigenvalue weighted by Gasteiger charge is 2.31. The first-order chi connectivity index (χ1) is 12.3. The van der Waals surface area contributed by atoms with Crippen molar-refractivity contribution in [3.05, 3.63) is 39.1 Å². The highest BCUT2D eigenvalue weighted by atomic mass is 32.1. The monoisotopic (exact) mass is 379 g/mol. The fourth-order valence-electron chi connectivity index (χ4n) is 2.82. The third-order valence-corrected chi connectivity index (χ3v) is 4.13. The van der Waals surface area contributed by atoms with Crippen LogP contribution in [-0.4, -0.2) is 29.5 Å². The van der Waals surface area contributed by atoms with Gasteiger partial charge in [-0.25, -0.2) is 0 Å². The van der Waals surface area contributed by atoms with Crippen molar-refractivity contribution in [2.24, 2.45) is 0 Å². The molecule has 0 aliphatic carbocycles. The van der Waals surface area contributed by atoms with Crippen LogP contribution in [0.25, 0.3) is 0 Å². The van der Waals surface area contributed by atoms with E-state index < -0.39 is 11.0 Å². The highest BCUT2D eigenvalue weighted by Crippen LogP contribution is 2.41. The van der Waals surface area contributed by atoms with Crippen LogP contribution in [-0.2, 0) is 4.79 Å². The van der Waals surface area contributed by atoms with E-state index in [4.69, 9.17) is 21.7 Å². The van der Waals surface area contributed by atoms with E-state index in [1.54, 1.807) is 13.0 Å². The number of thiocarbonyl (C=S) groups is 1. The zero-order chi connectivity index (χ0) is 19.4. The molecule has 2 N–H and O–H groups in total. The minimum Gasteiger partial charge on any atom is -0.493 e. The third-order valence-electron chi connectivity index (χ3n) is 3.91. The van der Waals surface area contributed by atoms with Crippen molar-refractivity contribution in [3.63, 3.8) is 0 Å². The summed E-state index contributed by atoms with van der Waals surface area (Å²) in [5.74, 6) is 0.141. The Kier molecular flexibility index (Phi) is 6.14. The first-order valence-corrected chi connectivity index (χ1v) is 8.49. The molecule has 1 aromatic rings. The average Bonchev–Trinajstić information content (AvgIpc) is 2.57. The summed E-state index contributed by atoms with van der Waals surface area (Å²) in [5.41, 5.74) is 1.33. The molecular weight excluding hydrogens is 358 g/mol. The third kappa shape index (κ3) is 3.93. The van der Waals surface area contributed by atoms with Crippen molar-refractivity contribution in [3.8, 4) is 11.5 Å². The number of nitrogens with zero attached hydrogens (tertiary/aromatic N) is 1. The molecule has 0 saturated heterocycles. The summed E-state index contributed by atoms with van der Waals surface area (Å²) in [5, 5.41) is 17.8. The molecule has 0 saturated carbocycles. The van der Waals surface area contributed by atoms with Gasteiger partial charge in [-0.2, -0.15) is 0 Å². The number of carbonyl (C=O) groups excluding carboxylic acids is 1. The van der Waals surface area contributed by atoms with E-state index >= 15 is 0 Å². The van der Waals surface area contributed by atoms with Crippen molar-refractivity contribution in [2.45, 2.75) is 33.2 Å². The number of nitro benzene ring substituents is 1. The Bertz CT molecular complexity index is 791. The van der Waals surface area contributed by atoms with Crippen LogP contribution < -0.4 is 20.1 Å². The second-order valence-corrected chi connectivity index (χ2v) is 6.21. The number of benzene rings is 1. The number of hydrogen-bond acceptors (Lipinski definition) is 6. The quantitative estimate of drug-likeness (QED) is 0.423. The molecule has 1 aliphatic heterocycles. The van der Waals surface area contributed by atoms with E-state index in [1.807, 2.05) is 6.92 Å². The Hall–Kier alpha value is -2.68. The fraction of sp³-hybridized carbons (Fsp3) is 0.412. The maximum Gasteiger partial charge on any atom is 0.315 e. The van der Waals surface area contributed by atoms with Crippen LogP contribution in [0.2, 0.25) is 0 Å². The lowest BCUT2D eigenvalue weighted by molar-refractivity contribution is -0.386. The van der Waals surface area contributed by atoms with Gasteiger partial charge in [0.1, 0.15) is 0 Å². The van der Waals surface area contributed by atoms with Gasteiger partial charge in [0.05, 0.1) is 24.7 Å². The zero-order valence-electron chi connectivity index (χ0n) is 15.0. The van der Waals surface area contributed by atoms with Crippen molar-refractivity contribution in [2.75, 3.05) is 13.7 Å². The van der Waals surface area contributed by atoms with Crippen molar-refractivity contribution < 1.29 is 19.2 Å². The van der Waals surface area contributed by atoms with Crippen molar-refractivity contribution in [1.82, 2.24) is 10.6 Å². The number of hydrogen-bond donors (Lipinski definition) is 2. The Balaban J connectivity index is 2.63. The maximum atomic E-state index is 12.1. The van der Waals surface area contributed by atoms with Gasteiger partial charge in [-0.05, 0) is 44.1 Å². The fourth-order valence-corrected chi connectivity index (χ4v) is 3.09. The van der Waals surface area contributed by atoms with Gasteiger partial charge >= 0.3 is 5.69 Å². The number of allylic oxidation sites excluding steroid dienone is 1. The number of Topliss-reactive ketones (excluding diaryl/α,β-unsaturated/α-hetero) is 1. The molecule has 1 aromatic carbocycles. The summed E-state index contributed by atoms with van der Waals surface area (Å²) in [6.45, 7) is 5.40. The van der Waals surface area contributed by atoms with Gasteiger partial charge in [-0.15, -0.1) is 0 Å². The Morgan fingerprint density at radius 3 is 2.65 bits per heavy atom. The minimum absolute atomic E-state index is 0.0738. The van der Waals surface area contributed by atoms with Gasteiger partial charge in [0.25, 0.3) is 0 Å². The molecule has 140 valence electrons. The van der Waals surface area contributed by atoms with Crippen LogP contribution in [0.15, 0.2) is 23.4 Å². The number of ketones is 1. The molecule has 0 aromatic heterocycles. The molecular formula is C17H21N3O5S. The molecule has 0 radical (unpaired) electrons. The van der Waals surface area contributed by atoms with Gasteiger partial charge in [0.2, 0.25) is 5.75 Å². The van der Waals surface area contributed by atoms with Crippen LogP contribution in [0.3, 0.4) is 0 Å². The molecule has 0 bridgehead atoms. The van der Waals surface area contributed by atoms with Gasteiger partial charge in [-0.3, -0.25) is 14.9 Å². The van der Waals surface area contributed by atoms with Gasteiger partial charge in [0, 0.05) is 17.3 Å². The van der Waals surface area contributed by atoms with E-state index in [-0.39, 0.29) is 23.0 Å². The second kappa shape index (κ2) is 8.13. The van der Waals surface area contributed by atoms with E-state index in [9.17, 15) is 14.9 Å². The highest BCUT2D eigenvalue weighted by molar-refractivity contribution is 7.80. The number of nitro groups is 1. The second-order valence-electron chi connectivity index (χ2n) is 5.80. The standard InChI is InChI=1S/C17H21N3O5S/c1-5-6-25-16-12(20(22)23)7-11(8-13(16)24-4)15-14(10(3)21)9(2)18-17(26)19-15/h7-8,15H,5-6H2,1-4H3,(H2,18,19,26). The number of nitrogens with one attached hydrogen (secondary N) is 2. The molecule has 1 atom stereocenters. The first-order valence-electron chi connectivity index (χ1n) is 8.08. The molecule has 1 heterocycles. The molecule has 2 rings (SSSR count). The van der Waals surface area contributed by atoms with E-state index in [0.717, 1.165) is 0 Å². The molecule has 1 unspecified atom stereocenters. The lowest BCUT2D eigenvalue weighted by Gasteiger charge is -2.30. The molecule has 0 amide bonds. The Morgan fingerprint density at radius 1 is 1.42 bits per heavy atom. The van der Waals surface area contributed by atoms with E-state index in [1.165, 1.54) is 20.1 Å². The van der Waals surface area contributed by atoms with Crippen LogP contribution in [0, 0.1) is 10.1 Å². The largest absolute Gasteiger partial charge is 0.493 e. The van der Waals surface area contributed by atoms with Crippen molar-refractivity contribution >= 4 is 28.8 Å². The van der Waals surface area contributed by atoms with Gasteiger partial charge < -0.3 is 20.1 Å². The summed E-state index contributed by atoms with van der Waals surface area (Å²) >= 11 is 5.17. The first kappa shape index (κ1) is 19.6. The summed E-state index contributed by atoms with van der Waals surface area (Å²) in [6.07, 6.45) is 0.697. The Labute approximate surface area is 156 Å². The van der Waals surface area contributed by atoms with Crippen LogP contribution >= 0.6 is 12.2 Å². The summed E-state index contributed by atoms with van der Waals surface area (Å²) in [6, 6.07) is 2.39. The molecule has 8 nitrogen and oxygen atoms in total. The number of methoxy groups -OCH3 is 1. The van der Waals surface area contributed by atoms with Crippen LogP contribution in [0.5, 0.6) is 11.5 Å². The number of ether oxygens (including phenoxy) is 2. The molecule has 26 heavy (non-hydrogen) atoms. The summed E-state index contributed by atoms with van der Waals surface area (Å²) in [7, 11) is 1.41. The smallest absolute Gasteiger partial charge is 0.315 e. The lowest BCUT2D eigenvalue weighted by atomic mass is 9.92. The summed E-state index contributed by atoms with van der Waals surface area (Å²) in [4.78, 5) is 23.1. The van der Waals surface area contributed by atoms with Crippen LogP contribution in [0.4, 0.5) is 5.69 Å². The minimum atomic E-state index is -0.617. The van der Waals surface area contributed by atoms with E-state index in [0.29, 0.717) is 35.0 Å². The average molecular weight is 379 g/mol. The number of rotatable bonds is 7. The SMILES string of the molecule is CCCOc1c(OC)cc(C2NC(=S)NC(C)=C2C(C)=O)cc1[N+](=O)[O-]. The Morgan fingerprint density at radius 2 is 2.12 bits per heavy atom. The van der Waals surface area contributed by atoms with Crippen molar-refractivity contribution in [1.29, 1.82) is 0 Å². The number of carbonyl (C=O) groups is 1. The van der Waals surface area contributed by atoms with Gasteiger partial charge in [0.15, 0.2) is 16.6 Å².